The third kappa shape index (κ3) is 4.10. The summed E-state index contributed by atoms with van der Waals surface area (Å²) in [6.07, 6.45) is 3.05. The average molecular weight is 278 g/mol. The molecule has 0 aromatic carbocycles. The summed E-state index contributed by atoms with van der Waals surface area (Å²) in [5.41, 5.74) is 0. The molecule has 0 aliphatic carbocycles. The van der Waals surface area contributed by atoms with Gasteiger partial charge in [-0.1, -0.05) is 6.92 Å². The second-order valence-electron chi connectivity index (χ2n) is 6.03. The maximum Gasteiger partial charge on any atom is 0.220 e. The fourth-order valence-corrected chi connectivity index (χ4v) is 2.88. The summed E-state index contributed by atoms with van der Waals surface area (Å²) >= 11 is 0. The van der Waals surface area contributed by atoms with Crippen molar-refractivity contribution in [2.75, 3.05) is 13.1 Å². The molecule has 3 atom stereocenters. The van der Waals surface area contributed by atoms with Crippen LogP contribution >= 0.6 is 0 Å². The molecular weight excluding hydrogens is 252 g/mol. The van der Waals surface area contributed by atoms with E-state index >= 15 is 0 Å². The van der Waals surface area contributed by atoms with Crippen LogP contribution in [0.4, 0.5) is 0 Å². The molecule has 2 rings (SSSR count). The highest BCUT2D eigenvalue weighted by Gasteiger charge is 2.23. The van der Waals surface area contributed by atoms with Crippen molar-refractivity contribution in [2.45, 2.75) is 46.1 Å². The summed E-state index contributed by atoms with van der Waals surface area (Å²) in [4.78, 5) is 12.1. The third-order valence-electron chi connectivity index (χ3n) is 4.21. The van der Waals surface area contributed by atoms with Gasteiger partial charge < -0.3 is 15.1 Å². The van der Waals surface area contributed by atoms with Crippen LogP contribution in [0.25, 0.3) is 0 Å². The van der Waals surface area contributed by atoms with Crippen LogP contribution in [0, 0.1) is 18.8 Å². The topological polar surface area (TPSA) is 54.3 Å². The monoisotopic (exact) mass is 278 g/mol. The van der Waals surface area contributed by atoms with Crippen molar-refractivity contribution in [1.82, 2.24) is 10.6 Å². The lowest BCUT2D eigenvalue weighted by atomic mass is 9.85. The van der Waals surface area contributed by atoms with E-state index in [1.807, 2.05) is 26.0 Å². The van der Waals surface area contributed by atoms with E-state index in [1.165, 1.54) is 12.8 Å². The quantitative estimate of drug-likeness (QED) is 0.871. The van der Waals surface area contributed by atoms with Crippen LogP contribution in [0.3, 0.4) is 0 Å². The normalized spacial score (nSPS) is 22.2. The molecule has 112 valence electrons. The highest BCUT2D eigenvalue weighted by molar-refractivity contribution is 5.76. The van der Waals surface area contributed by atoms with Gasteiger partial charge in [0.25, 0.3) is 0 Å². The highest BCUT2D eigenvalue weighted by Crippen LogP contribution is 2.23. The molecule has 0 radical (unpaired) electrons. The summed E-state index contributed by atoms with van der Waals surface area (Å²) in [5.74, 6) is 2.86. The Hall–Kier alpha value is -1.29. The van der Waals surface area contributed by atoms with Crippen LogP contribution in [-0.2, 0) is 4.79 Å². The first-order valence-electron chi connectivity index (χ1n) is 7.62. The van der Waals surface area contributed by atoms with Crippen molar-refractivity contribution in [3.8, 4) is 0 Å². The minimum absolute atomic E-state index is 0.0621. The molecule has 4 heteroatoms. The van der Waals surface area contributed by atoms with Gasteiger partial charge in [-0.3, -0.25) is 4.79 Å². The van der Waals surface area contributed by atoms with Gasteiger partial charge in [-0.2, -0.15) is 0 Å². The van der Waals surface area contributed by atoms with E-state index in [2.05, 4.69) is 17.6 Å². The molecule has 3 unspecified atom stereocenters. The minimum Gasteiger partial charge on any atom is -0.464 e. The average Bonchev–Trinajstić information content (AvgIpc) is 2.86. The van der Waals surface area contributed by atoms with Crippen molar-refractivity contribution < 1.29 is 9.21 Å². The first-order valence-corrected chi connectivity index (χ1v) is 7.62. The van der Waals surface area contributed by atoms with Gasteiger partial charge in [-0.15, -0.1) is 0 Å². The molecular formula is C16H26N2O2. The molecule has 0 bridgehead atoms. The van der Waals surface area contributed by atoms with Gasteiger partial charge in [0.2, 0.25) is 5.91 Å². The van der Waals surface area contributed by atoms with E-state index in [0.717, 1.165) is 24.6 Å². The minimum atomic E-state index is -0.0621. The standard InChI is InChI=1S/C16H26N2O2/c1-11(14-5-4-8-17-10-14)9-16(19)18-13(3)15-7-6-12(2)20-15/h6-7,11,13-14,17H,4-5,8-10H2,1-3H3,(H,18,19). The number of carbonyl (C=O) groups excluding carboxylic acids is 1. The van der Waals surface area contributed by atoms with Crippen molar-refractivity contribution in [3.05, 3.63) is 23.7 Å². The maximum absolute atomic E-state index is 12.1. The molecule has 1 saturated heterocycles. The largest absolute Gasteiger partial charge is 0.464 e. The second kappa shape index (κ2) is 6.93. The number of hydrogen-bond donors (Lipinski definition) is 2. The molecule has 1 aliphatic rings. The van der Waals surface area contributed by atoms with E-state index < -0.39 is 0 Å². The fraction of sp³-hybridized carbons (Fsp3) is 0.688. The molecule has 1 aromatic rings. The molecule has 1 aromatic heterocycles. The number of carbonyl (C=O) groups is 1. The Labute approximate surface area is 121 Å². The Morgan fingerprint density at radius 3 is 2.90 bits per heavy atom. The molecule has 1 fully saturated rings. The van der Waals surface area contributed by atoms with Crippen molar-refractivity contribution in [2.24, 2.45) is 11.8 Å². The van der Waals surface area contributed by atoms with Gasteiger partial charge >= 0.3 is 0 Å². The van der Waals surface area contributed by atoms with Gasteiger partial charge in [0.05, 0.1) is 6.04 Å². The lowest BCUT2D eigenvalue weighted by Crippen LogP contribution is -2.36. The number of rotatable bonds is 5. The summed E-state index contributed by atoms with van der Waals surface area (Å²) in [7, 11) is 0. The van der Waals surface area contributed by atoms with E-state index in [4.69, 9.17) is 4.42 Å². The number of amides is 1. The summed E-state index contributed by atoms with van der Waals surface area (Å²) in [6, 6.07) is 3.79. The molecule has 0 saturated carbocycles. The van der Waals surface area contributed by atoms with Crippen molar-refractivity contribution >= 4 is 5.91 Å². The van der Waals surface area contributed by atoms with Crippen LogP contribution in [-0.4, -0.2) is 19.0 Å². The van der Waals surface area contributed by atoms with Crippen LogP contribution in [0.1, 0.15) is 50.7 Å². The molecule has 2 heterocycles. The first-order chi connectivity index (χ1) is 9.56. The Morgan fingerprint density at radius 1 is 1.50 bits per heavy atom. The summed E-state index contributed by atoms with van der Waals surface area (Å²) in [5, 5.41) is 6.44. The van der Waals surface area contributed by atoms with E-state index in [-0.39, 0.29) is 11.9 Å². The van der Waals surface area contributed by atoms with Gasteiger partial charge in [0, 0.05) is 6.42 Å². The van der Waals surface area contributed by atoms with Crippen molar-refractivity contribution in [1.29, 1.82) is 0 Å². The molecule has 20 heavy (non-hydrogen) atoms. The second-order valence-corrected chi connectivity index (χ2v) is 6.03. The Balaban J connectivity index is 1.79. The SMILES string of the molecule is Cc1ccc(C(C)NC(=O)CC(C)C2CCCNC2)o1. The number of hydrogen-bond acceptors (Lipinski definition) is 3. The molecule has 2 N–H and O–H groups in total. The number of aryl methyl sites for hydroxylation is 1. The summed E-state index contributed by atoms with van der Waals surface area (Å²) in [6.45, 7) is 8.21. The predicted octanol–water partition coefficient (Wildman–Crippen LogP) is 2.79. The van der Waals surface area contributed by atoms with Gasteiger partial charge in [0.15, 0.2) is 0 Å². The smallest absolute Gasteiger partial charge is 0.220 e. The fourth-order valence-electron chi connectivity index (χ4n) is 2.88. The van der Waals surface area contributed by atoms with Gasteiger partial charge in [-0.25, -0.2) is 0 Å². The first kappa shape index (κ1) is 15.1. The lowest BCUT2D eigenvalue weighted by Gasteiger charge is -2.28. The van der Waals surface area contributed by atoms with Crippen LogP contribution < -0.4 is 10.6 Å². The molecule has 1 amide bonds. The number of furan rings is 1. The molecule has 1 aliphatic heterocycles. The maximum atomic E-state index is 12.1. The van der Waals surface area contributed by atoms with Gasteiger partial charge in [0.1, 0.15) is 11.5 Å². The van der Waals surface area contributed by atoms with E-state index in [1.54, 1.807) is 0 Å². The predicted molar refractivity (Wildman–Crippen MR) is 79.4 cm³/mol. The Bertz CT molecular complexity index is 435. The Kier molecular flexibility index (Phi) is 5.24. The highest BCUT2D eigenvalue weighted by atomic mass is 16.3. The third-order valence-corrected chi connectivity index (χ3v) is 4.21. The summed E-state index contributed by atoms with van der Waals surface area (Å²) < 4.78 is 5.54. The van der Waals surface area contributed by atoms with Crippen LogP contribution in [0.15, 0.2) is 16.5 Å². The zero-order valence-corrected chi connectivity index (χ0v) is 12.7. The van der Waals surface area contributed by atoms with Crippen LogP contribution in [0.5, 0.6) is 0 Å². The Morgan fingerprint density at radius 2 is 2.30 bits per heavy atom. The zero-order chi connectivity index (χ0) is 14.5. The van der Waals surface area contributed by atoms with E-state index in [9.17, 15) is 4.79 Å². The van der Waals surface area contributed by atoms with E-state index in [0.29, 0.717) is 18.3 Å². The number of piperidine rings is 1. The molecule has 0 spiro atoms. The van der Waals surface area contributed by atoms with Crippen LogP contribution in [0.2, 0.25) is 0 Å². The lowest BCUT2D eigenvalue weighted by molar-refractivity contribution is -0.123. The van der Waals surface area contributed by atoms with Crippen molar-refractivity contribution in [3.63, 3.8) is 0 Å². The molecule has 4 nitrogen and oxygen atoms in total. The number of nitrogens with one attached hydrogen (secondary N) is 2. The van der Waals surface area contributed by atoms with Gasteiger partial charge in [-0.05, 0) is 63.7 Å². The zero-order valence-electron chi connectivity index (χ0n) is 12.7.